The molecule has 0 aliphatic rings. The first-order chi connectivity index (χ1) is 19.8. The number of methoxy groups -OCH3 is 1. The van der Waals surface area contributed by atoms with Crippen LogP contribution < -0.4 is 15.4 Å². The van der Waals surface area contributed by atoms with Crippen LogP contribution in [0.1, 0.15) is 41.7 Å². The Morgan fingerprint density at radius 3 is 2.46 bits per heavy atom. The van der Waals surface area contributed by atoms with Gasteiger partial charge in [0, 0.05) is 42.3 Å². The number of rotatable bonds is 13. The Morgan fingerprint density at radius 2 is 1.73 bits per heavy atom. The molecule has 0 spiro atoms. The molecule has 3 N–H and O–H groups in total. The minimum absolute atomic E-state index is 0.199. The second kappa shape index (κ2) is 14.5. The van der Waals surface area contributed by atoms with Crippen molar-refractivity contribution in [2.24, 2.45) is 0 Å². The minimum atomic E-state index is -0.859. The Kier molecular flexibility index (Phi) is 10.6. The van der Waals surface area contributed by atoms with Crippen LogP contribution in [0.4, 0.5) is 0 Å². The first-order valence-electron chi connectivity index (χ1n) is 13.5. The van der Waals surface area contributed by atoms with Gasteiger partial charge in [-0.15, -0.1) is 11.3 Å². The summed E-state index contributed by atoms with van der Waals surface area (Å²) in [4.78, 5) is 33.5. The summed E-state index contributed by atoms with van der Waals surface area (Å²) in [5, 5.41) is 18.3. The molecular weight excluding hydrogens is 536 g/mol. The van der Waals surface area contributed by atoms with E-state index in [1.54, 1.807) is 60.9 Å². The summed E-state index contributed by atoms with van der Waals surface area (Å²) in [5.41, 5.74) is 2.78. The largest absolute Gasteiger partial charge is 0.497 e. The number of aliphatic hydroxyl groups excluding tert-OH is 1. The maximum atomic E-state index is 13.4. The van der Waals surface area contributed by atoms with Gasteiger partial charge >= 0.3 is 0 Å². The third kappa shape index (κ3) is 8.72. The lowest BCUT2D eigenvalue weighted by atomic mass is 10.00. The second-order valence-electron chi connectivity index (χ2n) is 9.93. The lowest BCUT2D eigenvalue weighted by Crippen LogP contribution is -2.48. The smallest absolute Gasteiger partial charge is 0.253 e. The molecule has 0 saturated carbocycles. The predicted molar refractivity (Wildman–Crippen MR) is 161 cm³/mol. The van der Waals surface area contributed by atoms with E-state index in [0.717, 1.165) is 26.8 Å². The van der Waals surface area contributed by atoms with Crippen LogP contribution in [0.3, 0.4) is 0 Å². The number of aliphatic hydroxyl groups is 1. The fourth-order valence-electron chi connectivity index (χ4n) is 4.46. The zero-order chi connectivity index (χ0) is 29.2. The first-order valence-corrected chi connectivity index (χ1v) is 14.3. The zero-order valence-corrected chi connectivity index (χ0v) is 24.4. The van der Waals surface area contributed by atoms with Gasteiger partial charge in [-0.3, -0.25) is 9.59 Å². The second-order valence-corrected chi connectivity index (χ2v) is 11.2. The highest BCUT2D eigenvalue weighted by atomic mass is 32.1. The molecule has 3 aromatic carbocycles. The molecule has 214 valence electrons. The lowest BCUT2D eigenvalue weighted by molar-refractivity contribution is 0.0785. The van der Waals surface area contributed by atoms with E-state index >= 15 is 0 Å². The normalized spacial score (nSPS) is 12.4. The highest BCUT2D eigenvalue weighted by molar-refractivity contribution is 7.11. The van der Waals surface area contributed by atoms with E-state index in [0.29, 0.717) is 30.6 Å². The fourth-order valence-corrected chi connectivity index (χ4v) is 5.30. The van der Waals surface area contributed by atoms with Crippen LogP contribution >= 0.6 is 11.3 Å². The maximum absolute atomic E-state index is 13.4. The van der Waals surface area contributed by atoms with Crippen molar-refractivity contribution in [1.29, 1.82) is 0 Å². The number of carbonyl (C=O) groups excluding carboxylic acids is 2. The van der Waals surface area contributed by atoms with E-state index in [2.05, 4.69) is 15.6 Å². The number of thiazole rings is 1. The Hall–Kier alpha value is -4.05. The minimum Gasteiger partial charge on any atom is -0.497 e. The van der Waals surface area contributed by atoms with E-state index < -0.39 is 12.1 Å². The number of ether oxygens (including phenoxy) is 1. The van der Waals surface area contributed by atoms with Gasteiger partial charge in [0.1, 0.15) is 10.8 Å². The molecule has 0 unspecified atom stereocenters. The van der Waals surface area contributed by atoms with Gasteiger partial charge in [-0.05, 0) is 54.8 Å². The van der Waals surface area contributed by atoms with Crippen LogP contribution in [0, 0.1) is 6.92 Å². The standard InChI is InChI=1S/C32H36N4O4S/c1-22-18-34-30(41-22)21-36(2)32(39)26-13-8-12-25(17-26)31(38)35-28(16-23-9-5-4-6-10-23)29(37)20-33-19-24-11-7-14-27(15-24)40-3/h4-15,17-18,28-29,33,37H,16,19-21H2,1-3H3,(H,35,38)/t28-,29+/m0/s1. The van der Waals surface area contributed by atoms with E-state index in [-0.39, 0.29) is 18.4 Å². The average Bonchev–Trinajstić information content (AvgIpc) is 3.41. The average molecular weight is 573 g/mol. The molecule has 0 aliphatic carbocycles. The molecule has 1 heterocycles. The van der Waals surface area contributed by atoms with E-state index in [1.807, 2.05) is 61.5 Å². The number of benzene rings is 3. The Balaban J connectivity index is 1.42. The number of nitrogens with zero attached hydrogens (tertiary/aromatic N) is 2. The molecule has 0 fully saturated rings. The van der Waals surface area contributed by atoms with E-state index in [4.69, 9.17) is 4.74 Å². The number of carbonyl (C=O) groups is 2. The number of amides is 2. The summed E-state index contributed by atoms with van der Waals surface area (Å²) in [6.45, 7) is 3.18. The molecule has 4 aromatic rings. The van der Waals surface area contributed by atoms with Gasteiger partial charge in [-0.25, -0.2) is 4.98 Å². The summed E-state index contributed by atoms with van der Waals surface area (Å²) < 4.78 is 5.29. The Bertz CT molecular complexity index is 1440. The summed E-state index contributed by atoms with van der Waals surface area (Å²) in [5.74, 6) is 0.213. The molecule has 2 atom stereocenters. The number of aromatic nitrogens is 1. The Morgan fingerprint density at radius 1 is 1.00 bits per heavy atom. The lowest BCUT2D eigenvalue weighted by Gasteiger charge is -2.25. The van der Waals surface area contributed by atoms with Gasteiger partial charge in [-0.1, -0.05) is 48.5 Å². The molecule has 8 nitrogen and oxygen atoms in total. The highest BCUT2D eigenvalue weighted by Gasteiger charge is 2.23. The van der Waals surface area contributed by atoms with Gasteiger partial charge in [0.05, 0.1) is 25.8 Å². The molecule has 0 saturated heterocycles. The molecule has 9 heteroatoms. The van der Waals surface area contributed by atoms with Crippen molar-refractivity contribution in [2.45, 2.75) is 38.6 Å². The topological polar surface area (TPSA) is 104 Å². The van der Waals surface area contributed by atoms with Crippen molar-refractivity contribution in [2.75, 3.05) is 20.7 Å². The number of hydrogen-bond acceptors (Lipinski definition) is 7. The Labute approximate surface area is 245 Å². The van der Waals surface area contributed by atoms with E-state index in [9.17, 15) is 14.7 Å². The SMILES string of the molecule is COc1cccc(CNC[C@@H](O)[C@H](Cc2ccccc2)NC(=O)c2cccc(C(=O)N(C)Cc3ncc(C)s3)c2)c1. The van der Waals surface area contributed by atoms with Crippen LogP contribution in [-0.2, 0) is 19.5 Å². The van der Waals surface area contributed by atoms with Crippen molar-refractivity contribution in [1.82, 2.24) is 20.5 Å². The molecule has 41 heavy (non-hydrogen) atoms. The van der Waals surface area contributed by atoms with Crippen molar-refractivity contribution in [3.63, 3.8) is 0 Å². The third-order valence-corrected chi connectivity index (χ3v) is 7.55. The van der Waals surface area contributed by atoms with Crippen molar-refractivity contribution in [3.8, 4) is 5.75 Å². The fraction of sp³-hybridized carbons (Fsp3) is 0.281. The third-order valence-electron chi connectivity index (χ3n) is 6.66. The first kappa shape index (κ1) is 29.9. The monoisotopic (exact) mass is 572 g/mol. The van der Waals surface area contributed by atoms with Crippen LogP contribution in [-0.4, -0.2) is 59.7 Å². The summed E-state index contributed by atoms with van der Waals surface area (Å²) in [6, 6.07) is 23.5. The zero-order valence-electron chi connectivity index (χ0n) is 23.5. The number of hydrogen-bond donors (Lipinski definition) is 3. The van der Waals surface area contributed by atoms with Crippen LogP contribution in [0.5, 0.6) is 5.75 Å². The van der Waals surface area contributed by atoms with E-state index in [1.165, 1.54) is 0 Å². The maximum Gasteiger partial charge on any atom is 0.253 e. The summed E-state index contributed by atoms with van der Waals surface area (Å²) >= 11 is 1.55. The molecular formula is C32H36N4O4S. The number of aryl methyl sites for hydroxylation is 1. The van der Waals surface area contributed by atoms with Crippen molar-refractivity contribution in [3.05, 3.63) is 117 Å². The van der Waals surface area contributed by atoms with Gasteiger partial charge in [0.15, 0.2) is 0 Å². The molecule has 1 aromatic heterocycles. The van der Waals surface area contributed by atoms with Gasteiger partial charge in [0.25, 0.3) is 11.8 Å². The van der Waals surface area contributed by atoms with Crippen LogP contribution in [0.25, 0.3) is 0 Å². The van der Waals surface area contributed by atoms with Crippen LogP contribution in [0.2, 0.25) is 0 Å². The van der Waals surface area contributed by atoms with Crippen LogP contribution in [0.15, 0.2) is 85.1 Å². The van der Waals surface area contributed by atoms with Gasteiger partial charge in [-0.2, -0.15) is 0 Å². The molecule has 4 rings (SSSR count). The molecule has 2 amide bonds. The molecule has 0 aliphatic heterocycles. The molecule has 0 radical (unpaired) electrons. The van der Waals surface area contributed by atoms with Gasteiger partial charge < -0.3 is 25.4 Å². The van der Waals surface area contributed by atoms with Crippen molar-refractivity contribution >= 4 is 23.2 Å². The summed E-state index contributed by atoms with van der Waals surface area (Å²) in [7, 11) is 3.34. The summed E-state index contributed by atoms with van der Waals surface area (Å²) in [6.07, 6.45) is 1.38. The van der Waals surface area contributed by atoms with Gasteiger partial charge in [0.2, 0.25) is 0 Å². The molecule has 0 bridgehead atoms. The highest BCUT2D eigenvalue weighted by Crippen LogP contribution is 2.16. The van der Waals surface area contributed by atoms with Crippen molar-refractivity contribution < 1.29 is 19.4 Å². The number of nitrogens with one attached hydrogen (secondary N) is 2. The predicted octanol–water partition coefficient (Wildman–Crippen LogP) is 4.22. The quantitative estimate of drug-likeness (QED) is 0.222.